The summed E-state index contributed by atoms with van der Waals surface area (Å²) in [6.45, 7) is 14.0. The number of rotatable bonds is 7. The van der Waals surface area contributed by atoms with Gasteiger partial charge in [-0.2, -0.15) is 0 Å². The summed E-state index contributed by atoms with van der Waals surface area (Å²) in [5, 5.41) is 32.1. The Morgan fingerprint density at radius 3 is 2.35 bits per heavy atom. The van der Waals surface area contributed by atoms with Crippen molar-refractivity contribution in [3.05, 3.63) is 49.1 Å². The molecular weight excluding hydrogens is 692 g/mol. The van der Waals surface area contributed by atoms with E-state index in [0.717, 1.165) is 19.3 Å². The van der Waals surface area contributed by atoms with Crippen molar-refractivity contribution >= 4 is 0 Å². The van der Waals surface area contributed by atoms with Crippen LogP contribution in [-0.4, -0.2) is 129 Å². The van der Waals surface area contributed by atoms with E-state index >= 15 is 0 Å². The van der Waals surface area contributed by atoms with Gasteiger partial charge in [-0.15, -0.1) is 6.58 Å². The molecule has 8 rings (SSSR count). The molecule has 0 radical (unpaired) electrons. The molecule has 54 heavy (non-hydrogen) atoms. The fourth-order valence-corrected chi connectivity index (χ4v) is 11.1. The van der Waals surface area contributed by atoms with Gasteiger partial charge in [-0.1, -0.05) is 42.5 Å². The summed E-state index contributed by atoms with van der Waals surface area (Å²) in [5.74, 6) is 0. The Labute approximate surface area is 321 Å². The van der Waals surface area contributed by atoms with Crippen LogP contribution in [0, 0.1) is 0 Å². The Morgan fingerprint density at radius 1 is 0.759 bits per heavy atom. The van der Waals surface area contributed by atoms with Crippen LogP contribution in [0.1, 0.15) is 105 Å². The first-order valence-electron chi connectivity index (χ1n) is 20.6. The predicted molar refractivity (Wildman–Crippen MR) is 200 cm³/mol. The van der Waals surface area contributed by atoms with Crippen molar-refractivity contribution < 1.29 is 53.2 Å². The van der Waals surface area contributed by atoms with E-state index in [1.807, 2.05) is 49.5 Å². The van der Waals surface area contributed by atoms with Gasteiger partial charge in [0.2, 0.25) is 0 Å². The fraction of sp³-hybridized carbons (Fsp3) is 0.814. The molecule has 0 amide bonds. The molecule has 11 nitrogen and oxygen atoms in total. The van der Waals surface area contributed by atoms with Crippen LogP contribution in [0.3, 0.4) is 0 Å². The Hall–Kier alpha value is -1.48. The maximum absolute atomic E-state index is 11.3. The monoisotopic (exact) mass is 756 g/mol. The van der Waals surface area contributed by atoms with Gasteiger partial charge in [0.25, 0.3) is 0 Å². The van der Waals surface area contributed by atoms with Crippen molar-refractivity contribution in [1.29, 1.82) is 0 Å². The molecule has 8 aliphatic rings. The Kier molecular flexibility index (Phi) is 10.7. The third-order valence-electron chi connectivity index (χ3n) is 14.1. The fourth-order valence-electron chi connectivity index (χ4n) is 11.1. The van der Waals surface area contributed by atoms with E-state index in [0.29, 0.717) is 51.4 Å². The van der Waals surface area contributed by atoms with Crippen molar-refractivity contribution in [3.8, 4) is 0 Å². The molecule has 8 heterocycles. The van der Waals surface area contributed by atoms with Crippen molar-refractivity contribution in [2.75, 3.05) is 6.61 Å². The van der Waals surface area contributed by atoms with Gasteiger partial charge in [-0.05, 0) is 66.7 Å². The third-order valence-corrected chi connectivity index (χ3v) is 14.1. The van der Waals surface area contributed by atoms with Crippen LogP contribution in [0.2, 0.25) is 0 Å². The lowest BCUT2D eigenvalue weighted by molar-refractivity contribution is -0.369. The summed E-state index contributed by atoms with van der Waals surface area (Å²) in [6, 6.07) is 0. The normalized spacial score (nSPS) is 54.2. The average molecular weight is 757 g/mol. The summed E-state index contributed by atoms with van der Waals surface area (Å²) >= 11 is 0. The highest BCUT2D eigenvalue weighted by Crippen LogP contribution is 2.54. The quantitative estimate of drug-likeness (QED) is 0.241. The second-order valence-electron chi connectivity index (χ2n) is 18.5. The first kappa shape index (κ1) is 39.4. The predicted octanol–water partition coefficient (Wildman–Crippen LogP) is 4.94. The number of ether oxygens (including phenoxy) is 8. The summed E-state index contributed by atoms with van der Waals surface area (Å²) in [6.07, 6.45) is 17.5. The van der Waals surface area contributed by atoms with Crippen LogP contribution in [0.5, 0.6) is 0 Å². The highest BCUT2D eigenvalue weighted by molar-refractivity contribution is 5.20. The number of hydrogen-bond acceptors (Lipinski definition) is 11. The highest BCUT2D eigenvalue weighted by atomic mass is 16.6. The van der Waals surface area contributed by atoms with Crippen LogP contribution in [0.15, 0.2) is 49.1 Å². The molecule has 3 N–H and O–H groups in total. The third kappa shape index (κ3) is 7.16. The van der Waals surface area contributed by atoms with E-state index in [2.05, 4.69) is 27.4 Å². The number of allylic oxidation sites excluding steroid dienone is 4. The molecule has 302 valence electrons. The number of fused-ring (bicyclic) bond motifs is 7. The molecule has 8 aliphatic heterocycles. The largest absolute Gasteiger partial charge is 0.396 e. The zero-order valence-corrected chi connectivity index (χ0v) is 32.8. The minimum Gasteiger partial charge on any atom is -0.396 e. The number of aliphatic hydroxyl groups excluding tert-OH is 2. The average Bonchev–Trinajstić information content (AvgIpc) is 3.31. The maximum Gasteiger partial charge on any atom is 0.118 e. The minimum atomic E-state index is -1.19. The molecule has 0 bridgehead atoms. The van der Waals surface area contributed by atoms with Crippen LogP contribution >= 0.6 is 0 Å². The van der Waals surface area contributed by atoms with Gasteiger partial charge in [0, 0.05) is 45.1 Å². The second kappa shape index (κ2) is 14.7. The zero-order chi connectivity index (χ0) is 38.1. The molecular formula is C43H64O11. The number of hydrogen-bond donors (Lipinski definition) is 3. The van der Waals surface area contributed by atoms with E-state index in [1.165, 1.54) is 0 Å². The molecule has 7 saturated heterocycles. The van der Waals surface area contributed by atoms with E-state index in [1.54, 1.807) is 6.92 Å². The van der Waals surface area contributed by atoms with Gasteiger partial charge < -0.3 is 53.2 Å². The molecule has 0 aromatic carbocycles. The molecule has 11 heteroatoms. The van der Waals surface area contributed by atoms with Gasteiger partial charge in [-0.25, -0.2) is 0 Å². The smallest absolute Gasteiger partial charge is 0.118 e. The second-order valence-corrected chi connectivity index (χ2v) is 18.5. The topological polar surface area (TPSA) is 135 Å². The van der Waals surface area contributed by atoms with E-state index < -0.39 is 40.2 Å². The summed E-state index contributed by atoms with van der Waals surface area (Å²) < 4.78 is 54.9. The Bertz CT molecular complexity index is 1460. The van der Waals surface area contributed by atoms with Crippen LogP contribution < -0.4 is 0 Å². The molecule has 7 fully saturated rings. The van der Waals surface area contributed by atoms with Gasteiger partial charge in [-0.3, -0.25) is 0 Å². The lowest BCUT2D eigenvalue weighted by Gasteiger charge is -2.61. The SMILES string of the molecule is C=CC/C=C\C=C/[C@H]1O[C@H]2C[C@H]3O[C@H]4CC[C@H]5O[C@H]6C[C@@]7(C)O[C@@]8(C)[C@H](O)C[C@H](CCCO)O[C@@H]8C[C@@H]7O[C@@H]6C[C@@H]5O[C@]4(C)C[C@]3(C)O[C@@H]2C=C[C@]1(C)O. The van der Waals surface area contributed by atoms with E-state index in [9.17, 15) is 15.3 Å². The van der Waals surface area contributed by atoms with Crippen molar-refractivity contribution in [2.24, 2.45) is 0 Å². The minimum absolute atomic E-state index is 0.104. The maximum atomic E-state index is 11.3. The van der Waals surface area contributed by atoms with Crippen LogP contribution in [0.4, 0.5) is 0 Å². The van der Waals surface area contributed by atoms with E-state index in [-0.39, 0.29) is 73.8 Å². The summed E-state index contributed by atoms with van der Waals surface area (Å²) in [5.41, 5.74) is -3.89. The van der Waals surface area contributed by atoms with Crippen molar-refractivity contribution in [1.82, 2.24) is 0 Å². The van der Waals surface area contributed by atoms with Gasteiger partial charge in [0.15, 0.2) is 0 Å². The summed E-state index contributed by atoms with van der Waals surface area (Å²) in [7, 11) is 0. The Morgan fingerprint density at radius 2 is 1.56 bits per heavy atom. The molecule has 0 unspecified atom stereocenters. The van der Waals surface area contributed by atoms with Crippen LogP contribution in [-0.2, 0) is 37.9 Å². The van der Waals surface area contributed by atoms with Crippen molar-refractivity contribution in [3.63, 3.8) is 0 Å². The first-order chi connectivity index (χ1) is 25.7. The lowest BCUT2D eigenvalue weighted by atomic mass is 9.72. The van der Waals surface area contributed by atoms with Crippen LogP contribution in [0.25, 0.3) is 0 Å². The molecule has 0 saturated carbocycles. The Balaban J connectivity index is 0.950. The standard InChI is InChI=1S/C43H64O11/c1-7-8-9-10-11-14-34-39(2,46)18-17-28-30(49-34)22-36-42(5,52-28)25-41(4)35(51-36)16-15-27-31(53-41)21-29-32(48-27)24-40(3)37(50-29)23-38-43(6,54-40)33(45)20-26(47-38)13-12-19-44/h7,9-11,14,17-18,26-38,44-46H,1,8,12-13,15-16,19-25H2,2-6H3/b10-9-,14-11-/t26-,27+,28+,29+,30-,31-,32-,33+,34+,35-,36+,37-,38+,39-,40+,41+,42-,43-/m0/s1. The van der Waals surface area contributed by atoms with Crippen molar-refractivity contribution in [2.45, 2.75) is 213 Å². The molecule has 0 aliphatic carbocycles. The van der Waals surface area contributed by atoms with Gasteiger partial charge in [0.05, 0.1) is 83.9 Å². The van der Waals surface area contributed by atoms with Gasteiger partial charge >= 0.3 is 0 Å². The molecule has 18 atom stereocenters. The molecule has 0 aromatic heterocycles. The zero-order valence-electron chi connectivity index (χ0n) is 32.8. The summed E-state index contributed by atoms with van der Waals surface area (Å²) in [4.78, 5) is 0. The first-order valence-corrected chi connectivity index (χ1v) is 20.6. The van der Waals surface area contributed by atoms with E-state index in [4.69, 9.17) is 37.9 Å². The highest BCUT2D eigenvalue weighted by Gasteiger charge is 2.64. The number of aliphatic hydroxyl groups is 3. The van der Waals surface area contributed by atoms with Gasteiger partial charge in [0.1, 0.15) is 23.4 Å². The molecule has 0 spiro atoms. The lowest BCUT2D eigenvalue weighted by Crippen LogP contribution is -2.72. The molecule has 0 aromatic rings.